The molecule has 132 valence electrons. The number of sulfonamides is 1. The van der Waals surface area contributed by atoms with Crippen LogP contribution < -0.4 is 9.62 Å². The second kappa shape index (κ2) is 7.23. The van der Waals surface area contributed by atoms with Crippen molar-refractivity contribution in [2.24, 2.45) is 0 Å². The minimum Gasteiger partial charge on any atom is -0.322 e. The molecule has 1 aliphatic rings. The van der Waals surface area contributed by atoms with Gasteiger partial charge in [0.05, 0.1) is 22.0 Å². The lowest BCUT2D eigenvalue weighted by atomic mass is 10.2. The Balaban J connectivity index is 1.77. The molecule has 1 N–H and O–H groups in total. The molecular formula is C17H16Cl2N2O3S. The van der Waals surface area contributed by atoms with Gasteiger partial charge in [0.15, 0.2) is 0 Å². The highest BCUT2D eigenvalue weighted by Gasteiger charge is 2.25. The standard InChI is InChI=1S/C17H16Cl2N2O3S/c18-12-3-8-16(19)15(11-12)17(22)20-13-4-6-14(7-5-13)21-9-1-2-10-25(21,23)24/h3-8,11H,1-2,9-10H2,(H,20,22). The van der Waals surface area contributed by atoms with E-state index in [4.69, 9.17) is 23.2 Å². The number of benzene rings is 2. The van der Waals surface area contributed by atoms with Crippen LogP contribution in [0.3, 0.4) is 0 Å². The molecule has 0 saturated carbocycles. The first-order valence-corrected chi connectivity index (χ1v) is 10.1. The molecule has 1 saturated heterocycles. The van der Waals surface area contributed by atoms with E-state index >= 15 is 0 Å². The van der Waals surface area contributed by atoms with E-state index in [1.165, 1.54) is 10.4 Å². The molecule has 25 heavy (non-hydrogen) atoms. The lowest BCUT2D eigenvalue weighted by molar-refractivity contribution is 0.102. The predicted molar refractivity (Wildman–Crippen MR) is 101 cm³/mol. The predicted octanol–water partition coefficient (Wildman–Crippen LogP) is 4.18. The molecule has 2 aromatic carbocycles. The van der Waals surface area contributed by atoms with Crippen LogP contribution in [0.2, 0.25) is 10.0 Å². The molecule has 8 heteroatoms. The minimum atomic E-state index is -3.25. The molecular weight excluding hydrogens is 383 g/mol. The quantitative estimate of drug-likeness (QED) is 0.842. The maximum Gasteiger partial charge on any atom is 0.257 e. The van der Waals surface area contributed by atoms with E-state index in [1.54, 1.807) is 36.4 Å². The molecule has 1 aliphatic heterocycles. The van der Waals surface area contributed by atoms with Gasteiger partial charge in [0.2, 0.25) is 10.0 Å². The van der Waals surface area contributed by atoms with Crippen molar-refractivity contribution in [3.63, 3.8) is 0 Å². The van der Waals surface area contributed by atoms with Crippen LogP contribution in [-0.4, -0.2) is 26.6 Å². The van der Waals surface area contributed by atoms with Gasteiger partial charge >= 0.3 is 0 Å². The maximum atomic E-state index is 12.3. The second-order valence-electron chi connectivity index (χ2n) is 5.72. The van der Waals surface area contributed by atoms with Crippen LogP contribution in [0, 0.1) is 0 Å². The van der Waals surface area contributed by atoms with Crippen molar-refractivity contribution in [3.05, 3.63) is 58.1 Å². The summed E-state index contributed by atoms with van der Waals surface area (Å²) in [4.78, 5) is 12.3. The normalized spacial score (nSPS) is 16.5. The first-order chi connectivity index (χ1) is 11.9. The lowest BCUT2D eigenvalue weighted by Gasteiger charge is -2.28. The van der Waals surface area contributed by atoms with E-state index in [-0.39, 0.29) is 17.2 Å². The average molecular weight is 399 g/mol. The van der Waals surface area contributed by atoms with Crippen molar-refractivity contribution in [1.82, 2.24) is 0 Å². The summed E-state index contributed by atoms with van der Waals surface area (Å²) in [6.45, 7) is 0.478. The van der Waals surface area contributed by atoms with Crippen LogP contribution in [0.4, 0.5) is 11.4 Å². The molecule has 1 amide bonds. The summed E-state index contributed by atoms with van der Waals surface area (Å²) in [5, 5.41) is 3.45. The van der Waals surface area contributed by atoms with E-state index in [0.29, 0.717) is 34.4 Å². The van der Waals surface area contributed by atoms with Gasteiger partial charge in [-0.15, -0.1) is 0 Å². The number of carbonyl (C=O) groups excluding carboxylic acids is 1. The number of hydrogen-bond acceptors (Lipinski definition) is 3. The van der Waals surface area contributed by atoms with Crippen LogP contribution in [0.15, 0.2) is 42.5 Å². The number of amides is 1. The van der Waals surface area contributed by atoms with Gasteiger partial charge in [-0.1, -0.05) is 23.2 Å². The van der Waals surface area contributed by atoms with E-state index in [1.807, 2.05) is 0 Å². The second-order valence-corrected chi connectivity index (χ2v) is 8.58. The number of anilines is 2. The zero-order valence-electron chi connectivity index (χ0n) is 13.2. The smallest absolute Gasteiger partial charge is 0.257 e. The molecule has 0 radical (unpaired) electrons. The molecule has 0 unspecified atom stereocenters. The SMILES string of the molecule is O=C(Nc1ccc(N2CCCCS2(=O)=O)cc1)c1cc(Cl)ccc1Cl. The van der Waals surface area contributed by atoms with E-state index in [2.05, 4.69) is 5.32 Å². The summed E-state index contributed by atoms with van der Waals surface area (Å²) in [6.07, 6.45) is 1.53. The van der Waals surface area contributed by atoms with Gasteiger partial charge in [-0.2, -0.15) is 0 Å². The summed E-state index contributed by atoms with van der Waals surface area (Å²) in [5.74, 6) is -0.218. The Hall–Kier alpha value is -1.76. The molecule has 1 fully saturated rings. The van der Waals surface area contributed by atoms with Gasteiger partial charge in [0.1, 0.15) is 0 Å². The molecule has 5 nitrogen and oxygen atoms in total. The number of carbonyl (C=O) groups is 1. The topological polar surface area (TPSA) is 66.5 Å². The monoisotopic (exact) mass is 398 g/mol. The Morgan fingerprint density at radius 3 is 2.44 bits per heavy atom. The average Bonchev–Trinajstić information content (AvgIpc) is 2.57. The number of nitrogens with one attached hydrogen (secondary N) is 1. The zero-order valence-corrected chi connectivity index (χ0v) is 15.5. The van der Waals surface area contributed by atoms with Crippen molar-refractivity contribution in [2.45, 2.75) is 12.8 Å². The summed E-state index contributed by atoms with van der Waals surface area (Å²) in [7, 11) is -3.25. The Morgan fingerprint density at radius 1 is 1.04 bits per heavy atom. The Kier molecular flexibility index (Phi) is 5.22. The highest BCUT2D eigenvalue weighted by Crippen LogP contribution is 2.26. The van der Waals surface area contributed by atoms with Crippen LogP contribution in [0.1, 0.15) is 23.2 Å². The van der Waals surface area contributed by atoms with Crippen LogP contribution in [0.5, 0.6) is 0 Å². The third-order valence-electron chi connectivity index (χ3n) is 3.94. The van der Waals surface area contributed by atoms with Crippen molar-refractivity contribution in [2.75, 3.05) is 21.9 Å². The molecule has 2 aromatic rings. The number of hydrogen-bond donors (Lipinski definition) is 1. The molecule has 1 heterocycles. The highest BCUT2D eigenvalue weighted by atomic mass is 35.5. The molecule has 0 spiro atoms. The maximum absolute atomic E-state index is 12.3. The van der Waals surface area contributed by atoms with Gasteiger partial charge in [0.25, 0.3) is 5.91 Å². The molecule has 0 aromatic heterocycles. The first-order valence-electron chi connectivity index (χ1n) is 7.74. The third-order valence-corrected chi connectivity index (χ3v) is 6.37. The number of rotatable bonds is 3. The van der Waals surface area contributed by atoms with Crippen LogP contribution in [-0.2, 0) is 10.0 Å². The van der Waals surface area contributed by atoms with Crippen molar-refractivity contribution in [3.8, 4) is 0 Å². The van der Waals surface area contributed by atoms with Crippen LogP contribution in [0.25, 0.3) is 0 Å². The summed E-state index contributed by atoms with van der Waals surface area (Å²) in [6, 6.07) is 11.3. The minimum absolute atomic E-state index is 0.165. The van der Waals surface area contributed by atoms with E-state index in [0.717, 1.165) is 6.42 Å². The van der Waals surface area contributed by atoms with Crippen LogP contribution >= 0.6 is 23.2 Å². The number of nitrogens with zero attached hydrogens (tertiary/aromatic N) is 1. The van der Waals surface area contributed by atoms with Gasteiger partial charge in [0, 0.05) is 17.3 Å². The largest absolute Gasteiger partial charge is 0.322 e. The molecule has 0 bridgehead atoms. The Morgan fingerprint density at radius 2 is 1.76 bits per heavy atom. The zero-order chi connectivity index (χ0) is 18.0. The highest BCUT2D eigenvalue weighted by molar-refractivity contribution is 7.92. The fourth-order valence-electron chi connectivity index (χ4n) is 2.66. The van der Waals surface area contributed by atoms with Crippen molar-refractivity contribution >= 4 is 50.5 Å². The van der Waals surface area contributed by atoms with E-state index in [9.17, 15) is 13.2 Å². The number of halogens is 2. The molecule has 0 atom stereocenters. The molecule has 3 rings (SSSR count). The Bertz CT molecular complexity index is 899. The van der Waals surface area contributed by atoms with Crippen molar-refractivity contribution in [1.29, 1.82) is 0 Å². The van der Waals surface area contributed by atoms with E-state index < -0.39 is 10.0 Å². The lowest BCUT2D eigenvalue weighted by Crippen LogP contribution is -2.37. The van der Waals surface area contributed by atoms with Gasteiger partial charge in [-0.3, -0.25) is 9.10 Å². The summed E-state index contributed by atoms with van der Waals surface area (Å²) in [5.41, 5.74) is 1.41. The van der Waals surface area contributed by atoms with Gasteiger partial charge in [-0.05, 0) is 55.3 Å². The fraction of sp³-hybridized carbons (Fsp3) is 0.235. The Labute approximate surface area is 156 Å². The summed E-state index contributed by atoms with van der Waals surface area (Å²) < 4.78 is 25.7. The fourth-order valence-corrected chi connectivity index (χ4v) is 4.67. The first kappa shape index (κ1) is 18.0. The third kappa shape index (κ3) is 4.08. The van der Waals surface area contributed by atoms with Gasteiger partial charge in [-0.25, -0.2) is 8.42 Å². The summed E-state index contributed by atoms with van der Waals surface area (Å²) >= 11 is 11.9. The van der Waals surface area contributed by atoms with Gasteiger partial charge < -0.3 is 5.32 Å². The molecule has 0 aliphatic carbocycles. The van der Waals surface area contributed by atoms with Crippen molar-refractivity contribution < 1.29 is 13.2 Å².